The zero-order chi connectivity index (χ0) is 21.8. The normalized spacial score (nSPS) is 10.6. The minimum Gasteiger partial charge on any atom is -0.497 e. The molecule has 2 aromatic heterocycles. The second-order valence-electron chi connectivity index (χ2n) is 6.71. The number of rotatable bonds is 7. The molecule has 0 saturated carbocycles. The molecule has 0 atom stereocenters. The molecule has 2 aromatic carbocycles. The summed E-state index contributed by atoms with van der Waals surface area (Å²) in [6, 6.07) is 17.6. The fraction of sp³-hybridized carbons (Fsp3) is 0.0909. The Morgan fingerprint density at radius 2 is 1.87 bits per heavy atom. The highest BCUT2D eigenvalue weighted by Crippen LogP contribution is 2.20. The first-order valence-corrected chi connectivity index (χ1v) is 9.40. The summed E-state index contributed by atoms with van der Waals surface area (Å²) in [6.07, 6.45) is 1.32. The maximum atomic E-state index is 12.8. The van der Waals surface area contributed by atoms with Crippen LogP contribution < -0.4 is 15.4 Å². The van der Waals surface area contributed by atoms with Crippen LogP contribution in [0, 0.1) is 0 Å². The summed E-state index contributed by atoms with van der Waals surface area (Å²) in [5, 5.41) is 19.4. The molecule has 0 spiro atoms. The van der Waals surface area contributed by atoms with Crippen molar-refractivity contribution in [3.8, 4) is 5.75 Å². The van der Waals surface area contributed by atoms with E-state index in [0.29, 0.717) is 22.7 Å². The first-order chi connectivity index (χ1) is 15.0. The Bertz CT molecular complexity index is 1250. The van der Waals surface area contributed by atoms with Gasteiger partial charge >= 0.3 is 5.97 Å². The lowest BCUT2D eigenvalue weighted by atomic mass is 10.1. The van der Waals surface area contributed by atoms with Gasteiger partial charge in [-0.3, -0.25) is 9.59 Å². The molecule has 4 rings (SSSR count). The van der Waals surface area contributed by atoms with E-state index in [2.05, 4.69) is 20.7 Å². The first kappa shape index (κ1) is 19.9. The van der Waals surface area contributed by atoms with Crippen LogP contribution in [0.3, 0.4) is 0 Å². The van der Waals surface area contributed by atoms with Gasteiger partial charge in [-0.15, -0.1) is 5.10 Å². The van der Waals surface area contributed by atoms with E-state index in [1.165, 1.54) is 10.7 Å². The van der Waals surface area contributed by atoms with Crippen molar-refractivity contribution in [2.75, 3.05) is 17.7 Å². The molecule has 9 heteroatoms. The topological polar surface area (TPSA) is 118 Å². The van der Waals surface area contributed by atoms with Crippen LogP contribution in [0.2, 0.25) is 0 Å². The molecule has 0 fully saturated rings. The predicted molar refractivity (Wildman–Crippen MR) is 115 cm³/mol. The number of amides is 1. The molecule has 9 nitrogen and oxygen atoms in total. The summed E-state index contributed by atoms with van der Waals surface area (Å²) >= 11 is 0. The maximum Gasteiger partial charge on any atom is 0.307 e. The number of fused-ring (bicyclic) bond motifs is 1. The molecule has 0 aliphatic heterocycles. The van der Waals surface area contributed by atoms with Gasteiger partial charge in [0.25, 0.3) is 5.91 Å². The largest absolute Gasteiger partial charge is 0.497 e. The monoisotopic (exact) mass is 417 g/mol. The summed E-state index contributed by atoms with van der Waals surface area (Å²) in [6.45, 7) is 0. The number of anilines is 3. The Balaban J connectivity index is 1.55. The lowest BCUT2D eigenvalue weighted by Crippen LogP contribution is -2.16. The number of methoxy groups -OCH3 is 1. The van der Waals surface area contributed by atoms with Gasteiger partial charge in [-0.25, -0.2) is 9.50 Å². The average molecular weight is 417 g/mol. The number of aliphatic carboxylic acids is 1. The second kappa shape index (κ2) is 8.54. The average Bonchev–Trinajstić information content (AvgIpc) is 3.17. The van der Waals surface area contributed by atoms with E-state index in [4.69, 9.17) is 9.84 Å². The van der Waals surface area contributed by atoms with Crippen LogP contribution >= 0.6 is 0 Å². The highest BCUT2D eigenvalue weighted by atomic mass is 16.5. The predicted octanol–water partition coefficient (Wildman–Crippen LogP) is 3.36. The van der Waals surface area contributed by atoms with E-state index < -0.39 is 11.9 Å². The standard InChI is InChI=1S/C22H19N5O4/c1-31-17-7-5-15(6-8-17)24-19-9-10-20-23-13-18(27(20)26-19)22(30)25-16-4-2-3-14(11-16)12-21(28)29/h2-11,13H,12H2,1H3,(H,24,26)(H,25,30)(H,28,29). The van der Waals surface area contributed by atoms with Crippen LogP contribution in [0.4, 0.5) is 17.2 Å². The van der Waals surface area contributed by atoms with Gasteiger partial charge in [-0.05, 0) is 54.1 Å². The number of nitrogens with one attached hydrogen (secondary N) is 2. The molecule has 0 bridgehead atoms. The SMILES string of the molecule is COc1ccc(Nc2ccc3ncc(C(=O)Nc4cccc(CC(=O)O)c4)n3n2)cc1. The summed E-state index contributed by atoms with van der Waals surface area (Å²) in [7, 11) is 1.60. The maximum absolute atomic E-state index is 12.8. The second-order valence-corrected chi connectivity index (χ2v) is 6.71. The lowest BCUT2D eigenvalue weighted by Gasteiger charge is -2.09. The summed E-state index contributed by atoms with van der Waals surface area (Å²) in [4.78, 5) is 27.9. The van der Waals surface area contributed by atoms with E-state index >= 15 is 0 Å². The van der Waals surface area contributed by atoms with Crippen molar-refractivity contribution in [3.05, 3.63) is 78.1 Å². The van der Waals surface area contributed by atoms with Crippen molar-refractivity contribution in [2.24, 2.45) is 0 Å². The van der Waals surface area contributed by atoms with Gasteiger partial charge in [0.15, 0.2) is 17.2 Å². The van der Waals surface area contributed by atoms with Gasteiger partial charge in [0.1, 0.15) is 5.75 Å². The Hall–Kier alpha value is -4.40. The van der Waals surface area contributed by atoms with Gasteiger partial charge in [0, 0.05) is 11.4 Å². The number of carboxylic acids is 1. The molecular formula is C22H19N5O4. The van der Waals surface area contributed by atoms with Crippen molar-refractivity contribution in [1.29, 1.82) is 0 Å². The van der Waals surface area contributed by atoms with E-state index in [9.17, 15) is 9.59 Å². The molecule has 0 unspecified atom stereocenters. The zero-order valence-corrected chi connectivity index (χ0v) is 16.6. The Labute approximate surface area is 177 Å². The molecule has 31 heavy (non-hydrogen) atoms. The summed E-state index contributed by atoms with van der Waals surface area (Å²) in [5.41, 5.74) is 2.66. The van der Waals surface area contributed by atoms with Crippen molar-refractivity contribution in [3.63, 3.8) is 0 Å². The number of nitrogens with zero attached hydrogens (tertiary/aromatic N) is 3. The first-order valence-electron chi connectivity index (χ1n) is 9.40. The van der Waals surface area contributed by atoms with Crippen LogP contribution in [0.15, 0.2) is 66.9 Å². The molecular weight excluding hydrogens is 398 g/mol. The molecule has 3 N–H and O–H groups in total. The van der Waals surface area contributed by atoms with Gasteiger partial charge in [0.2, 0.25) is 0 Å². The van der Waals surface area contributed by atoms with Gasteiger partial charge in [0.05, 0.1) is 19.7 Å². The number of carboxylic acid groups (broad SMARTS) is 1. The molecule has 0 aliphatic carbocycles. The highest BCUT2D eigenvalue weighted by molar-refractivity contribution is 6.03. The van der Waals surface area contributed by atoms with Crippen LogP contribution in [0.5, 0.6) is 5.75 Å². The third-order valence-corrected chi connectivity index (χ3v) is 4.50. The van der Waals surface area contributed by atoms with E-state index in [1.54, 1.807) is 43.5 Å². The van der Waals surface area contributed by atoms with Crippen LogP contribution in [0.25, 0.3) is 5.65 Å². The zero-order valence-electron chi connectivity index (χ0n) is 16.6. The van der Waals surface area contributed by atoms with E-state index in [-0.39, 0.29) is 12.1 Å². The third-order valence-electron chi connectivity index (χ3n) is 4.50. The number of hydrogen-bond acceptors (Lipinski definition) is 6. The van der Waals surface area contributed by atoms with Crippen molar-refractivity contribution >= 4 is 34.7 Å². The number of benzene rings is 2. The minimum absolute atomic E-state index is 0.124. The highest BCUT2D eigenvalue weighted by Gasteiger charge is 2.14. The fourth-order valence-electron chi connectivity index (χ4n) is 3.05. The molecule has 1 amide bonds. The molecule has 0 aliphatic rings. The number of carbonyl (C=O) groups is 2. The quantitative estimate of drug-likeness (QED) is 0.422. The Morgan fingerprint density at radius 1 is 1.06 bits per heavy atom. The molecule has 4 aromatic rings. The van der Waals surface area contributed by atoms with Crippen molar-refractivity contribution in [2.45, 2.75) is 6.42 Å². The summed E-state index contributed by atoms with van der Waals surface area (Å²) in [5.74, 6) is -0.0662. The smallest absolute Gasteiger partial charge is 0.307 e. The van der Waals surface area contributed by atoms with Crippen molar-refractivity contribution in [1.82, 2.24) is 14.6 Å². The van der Waals surface area contributed by atoms with Crippen LogP contribution in [-0.2, 0) is 11.2 Å². The van der Waals surface area contributed by atoms with Gasteiger partial charge < -0.3 is 20.5 Å². The van der Waals surface area contributed by atoms with Gasteiger partial charge in [-0.2, -0.15) is 0 Å². The van der Waals surface area contributed by atoms with E-state index in [0.717, 1.165) is 11.4 Å². The minimum atomic E-state index is -0.939. The number of aromatic nitrogens is 3. The molecule has 156 valence electrons. The van der Waals surface area contributed by atoms with Gasteiger partial charge in [-0.1, -0.05) is 12.1 Å². The number of carbonyl (C=O) groups excluding carboxylic acids is 1. The molecule has 0 radical (unpaired) electrons. The summed E-state index contributed by atoms with van der Waals surface area (Å²) < 4.78 is 6.60. The third kappa shape index (κ3) is 4.61. The number of ether oxygens (including phenoxy) is 1. The number of imidazole rings is 1. The lowest BCUT2D eigenvalue weighted by molar-refractivity contribution is -0.136. The number of hydrogen-bond donors (Lipinski definition) is 3. The van der Waals surface area contributed by atoms with Crippen molar-refractivity contribution < 1.29 is 19.4 Å². The Kier molecular flexibility index (Phi) is 5.48. The fourth-order valence-corrected chi connectivity index (χ4v) is 3.05. The molecule has 0 saturated heterocycles. The van der Waals surface area contributed by atoms with Crippen LogP contribution in [0.1, 0.15) is 16.1 Å². The van der Waals surface area contributed by atoms with E-state index in [1.807, 2.05) is 24.3 Å². The Morgan fingerprint density at radius 3 is 2.61 bits per heavy atom. The van der Waals surface area contributed by atoms with Crippen LogP contribution in [-0.4, -0.2) is 38.7 Å². The molecule has 2 heterocycles.